The van der Waals surface area contributed by atoms with E-state index >= 15 is 0 Å². The summed E-state index contributed by atoms with van der Waals surface area (Å²) in [6.07, 6.45) is 2.31. The highest BCUT2D eigenvalue weighted by atomic mass is 16.7. The van der Waals surface area contributed by atoms with Crippen molar-refractivity contribution in [2.45, 2.75) is 100 Å². The highest BCUT2D eigenvalue weighted by Crippen LogP contribution is 2.53. The first-order chi connectivity index (χ1) is 19.5. The molecule has 2 heterocycles. The normalized spacial score (nSPS) is 50.0. The van der Waals surface area contributed by atoms with Crippen molar-refractivity contribution in [1.29, 1.82) is 0 Å². The number of rotatable bonds is 5. The molecule has 0 aromatic heterocycles. The number of quaternary nitrogens is 1. The maximum absolute atomic E-state index is 13.8. The Kier molecular flexibility index (Phi) is 7.73. The second-order valence-corrected chi connectivity index (χ2v) is 13.5. The summed E-state index contributed by atoms with van der Waals surface area (Å²) in [5, 5.41) is 58.1. The predicted molar refractivity (Wildman–Crippen MR) is 144 cm³/mol. The molecule has 228 valence electrons. The predicted octanol–water partition coefficient (Wildman–Crippen LogP) is -0.827. The van der Waals surface area contributed by atoms with Crippen LogP contribution in [0.15, 0.2) is 23.5 Å². The van der Waals surface area contributed by atoms with Crippen LogP contribution in [0.5, 0.6) is 0 Å². The Labute approximate surface area is 239 Å². The molecule has 13 atom stereocenters. The summed E-state index contributed by atoms with van der Waals surface area (Å²) in [6, 6.07) is 0. The first kappa shape index (κ1) is 29.4. The number of carbonyl (C=O) groups is 2. The van der Waals surface area contributed by atoms with Gasteiger partial charge in [-0.05, 0) is 63.4 Å². The number of aliphatic hydroxyl groups is 5. The smallest absolute Gasteiger partial charge is 0.187 e. The molecular weight excluding hydrogens is 532 g/mol. The lowest BCUT2D eigenvalue weighted by atomic mass is 9.59. The first-order valence-electron chi connectivity index (χ1n) is 15.3. The summed E-state index contributed by atoms with van der Waals surface area (Å²) in [4.78, 5) is 27.4. The van der Waals surface area contributed by atoms with E-state index < -0.39 is 72.0 Å². The largest absolute Gasteiger partial charge is 0.512 e. The van der Waals surface area contributed by atoms with Gasteiger partial charge < -0.3 is 40.3 Å². The minimum Gasteiger partial charge on any atom is -0.512 e. The molecule has 5 unspecified atom stereocenters. The van der Waals surface area contributed by atoms with Crippen molar-refractivity contribution in [2.75, 3.05) is 13.2 Å². The maximum atomic E-state index is 13.8. The third kappa shape index (κ3) is 4.64. The topological polar surface area (TPSA) is 196 Å². The molecule has 0 aromatic carbocycles. The SMILES string of the molecule is CC1=C[C@H]2C(=O)C3CCCC(O[C@H]4O[C@@]5(CO)CC[C@@H](CC6CC[NH2+]C(N)C6)[C@@](O)([C@@H]5O)[C@H]4O)C3C(=O)[C@@H]2C(O)=C1. The standard InChI is InChI=1S/C30H44N2O9/c1-14-9-18-22(19(34)10-14)25(36)23-17(24(18)35)3-2-4-20(23)40-27-26(37)30(39)16(11-15-6-8-32-21(31)12-15)5-7-29(13-33,41-27)28(30)38/h9-10,15-18,20-23,26-28,32-34,37-39H,2-8,11-13,31H2,1H3/p+1/t15?,16-,17?,18+,20?,21?,22-,23?,26-,27-,28+,29+,30-/m0/s1. The van der Waals surface area contributed by atoms with Crippen LogP contribution in [-0.4, -0.2) is 92.2 Å². The third-order valence-electron chi connectivity index (χ3n) is 11.1. The van der Waals surface area contributed by atoms with Gasteiger partial charge in [0.25, 0.3) is 0 Å². The number of aliphatic hydroxyl groups excluding tert-OH is 4. The van der Waals surface area contributed by atoms with Crippen LogP contribution in [0.25, 0.3) is 0 Å². The van der Waals surface area contributed by atoms with E-state index in [0.717, 1.165) is 25.0 Å². The number of nitrogens with two attached hydrogens (primary N) is 2. The van der Waals surface area contributed by atoms with E-state index in [9.17, 15) is 35.1 Å². The van der Waals surface area contributed by atoms with E-state index in [2.05, 4.69) is 5.32 Å². The third-order valence-corrected chi connectivity index (χ3v) is 11.1. The molecule has 3 saturated carbocycles. The van der Waals surface area contributed by atoms with Gasteiger partial charge in [0, 0.05) is 12.3 Å². The van der Waals surface area contributed by atoms with Crippen LogP contribution in [0.2, 0.25) is 0 Å². The van der Waals surface area contributed by atoms with Crippen LogP contribution in [0.3, 0.4) is 0 Å². The molecule has 2 bridgehead atoms. The molecule has 4 aliphatic carbocycles. The molecule has 0 aromatic rings. The van der Waals surface area contributed by atoms with Crippen molar-refractivity contribution in [3.63, 3.8) is 0 Å². The quantitative estimate of drug-likeness (QED) is 0.217. The number of carbonyl (C=O) groups excluding carboxylic acids is 2. The molecule has 11 heteroatoms. The Bertz CT molecular complexity index is 1130. The van der Waals surface area contributed by atoms with Gasteiger partial charge in [0.15, 0.2) is 12.1 Å². The zero-order chi connectivity index (χ0) is 29.3. The van der Waals surface area contributed by atoms with E-state index in [4.69, 9.17) is 15.2 Å². The molecule has 41 heavy (non-hydrogen) atoms. The van der Waals surface area contributed by atoms with Gasteiger partial charge in [0.05, 0.1) is 37.0 Å². The van der Waals surface area contributed by atoms with Crippen LogP contribution in [0, 0.1) is 35.5 Å². The van der Waals surface area contributed by atoms with Crippen LogP contribution in [-0.2, 0) is 19.1 Å². The van der Waals surface area contributed by atoms with Crippen LogP contribution in [0.1, 0.15) is 58.3 Å². The van der Waals surface area contributed by atoms with E-state index in [1.165, 1.54) is 6.08 Å². The van der Waals surface area contributed by atoms with Gasteiger partial charge in [-0.2, -0.15) is 0 Å². The van der Waals surface area contributed by atoms with E-state index in [-0.39, 0.29) is 35.8 Å². The fourth-order valence-electron chi connectivity index (χ4n) is 8.99. The molecule has 6 aliphatic rings. The lowest BCUT2D eigenvalue weighted by molar-refractivity contribution is -0.699. The zero-order valence-corrected chi connectivity index (χ0v) is 23.6. The first-order valence-corrected chi connectivity index (χ1v) is 15.3. The maximum Gasteiger partial charge on any atom is 0.187 e. The number of fused-ring (bicyclic) bond motifs is 4. The molecule has 0 radical (unpaired) electrons. The molecule has 5 fully saturated rings. The molecule has 6 rings (SSSR count). The Morgan fingerprint density at radius 1 is 1.17 bits per heavy atom. The van der Waals surface area contributed by atoms with Crippen molar-refractivity contribution >= 4 is 11.6 Å². The van der Waals surface area contributed by atoms with Crippen molar-refractivity contribution in [1.82, 2.24) is 0 Å². The highest BCUT2D eigenvalue weighted by Gasteiger charge is 2.68. The van der Waals surface area contributed by atoms with Crippen molar-refractivity contribution in [3.8, 4) is 0 Å². The van der Waals surface area contributed by atoms with Gasteiger partial charge >= 0.3 is 0 Å². The van der Waals surface area contributed by atoms with Gasteiger partial charge in [-0.15, -0.1) is 0 Å². The van der Waals surface area contributed by atoms with Gasteiger partial charge in [-0.25, -0.2) is 0 Å². The van der Waals surface area contributed by atoms with Gasteiger partial charge in [-0.1, -0.05) is 18.1 Å². The van der Waals surface area contributed by atoms with Gasteiger partial charge in [-0.3, -0.25) is 15.3 Å². The zero-order valence-electron chi connectivity index (χ0n) is 23.6. The molecule has 9 N–H and O–H groups in total. The number of hydrogen-bond donors (Lipinski definition) is 7. The van der Waals surface area contributed by atoms with Gasteiger partial charge in [0.2, 0.25) is 0 Å². The van der Waals surface area contributed by atoms with E-state index in [0.29, 0.717) is 32.1 Å². The Balaban J connectivity index is 1.26. The Morgan fingerprint density at radius 2 is 1.95 bits per heavy atom. The fourth-order valence-corrected chi connectivity index (χ4v) is 8.99. The average molecular weight is 578 g/mol. The lowest BCUT2D eigenvalue weighted by Gasteiger charge is -2.60. The number of allylic oxidation sites excluding steroid dienone is 4. The van der Waals surface area contributed by atoms with E-state index in [1.54, 1.807) is 13.0 Å². The molecule has 0 amide bonds. The van der Waals surface area contributed by atoms with Crippen LogP contribution >= 0.6 is 0 Å². The summed E-state index contributed by atoms with van der Waals surface area (Å²) in [6.45, 7) is 2.07. The minimum absolute atomic E-state index is 0.0310. The summed E-state index contributed by atoms with van der Waals surface area (Å²) in [5.74, 6) is -3.84. The van der Waals surface area contributed by atoms with Crippen molar-refractivity contribution in [3.05, 3.63) is 23.5 Å². The Hall–Kier alpha value is -1.70. The monoisotopic (exact) mass is 577 g/mol. The number of ketones is 2. The number of ether oxygens (including phenoxy) is 2. The second-order valence-electron chi connectivity index (χ2n) is 13.5. The lowest BCUT2D eigenvalue weighted by Crippen LogP contribution is -2.94. The molecule has 2 saturated heterocycles. The number of piperidine rings is 1. The summed E-state index contributed by atoms with van der Waals surface area (Å²) >= 11 is 0. The van der Waals surface area contributed by atoms with Crippen LogP contribution in [0.4, 0.5) is 0 Å². The van der Waals surface area contributed by atoms with Crippen molar-refractivity contribution in [2.24, 2.45) is 41.2 Å². The summed E-state index contributed by atoms with van der Waals surface area (Å²) < 4.78 is 12.4. The van der Waals surface area contributed by atoms with Gasteiger partial charge in [0.1, 0.15) is 41.1 Å². The molecule has 0 spiro atoms. The second kappa shape index (κ2) is 10.8. The molecule has 11 nitrogen and oxygen atoms in total. The fraction of sp³-hybridized carbons (Fsp3) is 0.800. The molecule has 2 aliphatic heterocycles. The number of hydrogen-bond acceptors (Lipinski definition) is 10. The summed E-state index contributed by atoms with van der Waals surface area (Å²) in [7, 11) is 0. The van der Waals surface area contributed by atoms with Crippen LogP contribution < -0.4 is 11.1 Å². The molecular formula is C30H45N2O9+. The van der Waals surface area contributed by atoms with E-state index in [1.807, 2.05) is 0 Å². The summed E-state index contributed by atoms with van der Waals surface area (Å²) in [5.41, 5.74) is 3.35. The minimum atomic E-state index is -2.01. The highest BCUT2D eigenvalue weighted by molar-refractivity contribution is 6.02. The number of Topliss-reactive ketones (excluding diaryl/α,β-unsaturated/α-hetero) is 2. The average Bonchev–Trinajstić information content (AvgIpc) is 2.94. The Morgan fingerprint density at radius 3 is 2.68 bits per heavy atom. The van der Waals surface area contributed by atoms with Crippen molar-refractivity contribution < 1.29 is 49.9 Å².